The number of carbonyl (C=O) groups is 1. The molecule has 1 aliphatic carbocycles. The molecule has 0 fully saturated rings. The highest BCUT2D eigenvalue weighted by Gasteiger charge is 2.25. The monoisotopic (exact) mass is 360 g/mol. The Labute approximate surface area is 118 Å². The topological polar surface area (TPSA) is 37.3 Å². The van der Waals surface area contributed by atoms with Gasteiger partial charge in [0.2, 0.25) is 0 Å². The van der Waals surface area contributed by atoms with E-state index in [2.05, 4.69) is 44.0 Å². The standard InChI is InChI=1S/C13H14Br2O2/c14-11(12(15)13(16)17)10-6-5-8-3-1-2-4-9(8)7-10/h5-7,11-12H,1-4H2,(H,16,17). The van der Waals surface area contributed by atoms with Crippen molar-refractivity contribution in [3.05, 3.63) is 34.9 Å². The van der Waals surface area contributed by atoms with E-state index in [1.807, 2.05) is 6.07 Å². The van der Waals surface area contributed by atoms with Gasteiger partial charge in [-0.2, -0.15) is 0 Å². The van der Waals surface area contributed by atoms with Gasteiger partial charge in [0.05, 0.1) is 4.83 Å². The van der Waals surface area contributed by atoms with Gasteiger partial charge < -0.3 is 5.11 Å². The molecule has 17 heavy (non-hydrogen) atoms. The normalized spacial score (nSPS) is 18.2. The Morgan fingerprint density at radius 3 is 2.47 bits per heavy atom. The highest BCUT2D eigenvalue weighted by atomic mass is 79.9. The van der Waals surface area contributed by atoms with E-state index in [-0.39, 0.29) is 4.83 Å². The minimum absolute atomic E-state index is 0.188. The largest absolute Gasteiger partial charge is 0.480 e. The van der Waals surface area contributed by atoms with Gasteiger partial charge in [-0.05, 0) is 42.4 Å². The predicted octanol–water partition coefficient (Wildman–Crippen LogP) is 3.85. The number of aliphatic carboxylic acids is 1. The maximum atomic E-state index is 10.9. The lowest BCUT2D eigenvalue weighted by Crippen LogP contribution is -2.18. The Balaban J connectivity index is 2.24. The zero-order chi connectivity index (χ0) is 12.4. The summed E-state index contributed by atoms with van der Waals surface area (Å²) in [6, 6.07) is 6.31. The first-order valence-electron chi connectivity index (χ1n) is 5.72. The van der Waals surface area contributed by atoms with E-state index >= 15 is 0 Å². The second-order valence-electron chi connectivity index (χ2n) is 4.38. The highest BCUT2D eigenvalue weighted by Crippen LogP contribution is 2.33. The van der Waals surface area contributed by atoms with Gasteiger partial charge >= 0.3 is 5.97 Å². The van der Waals surface area contributed by atoms with Crippen LogP contribution in [0, 0.1) is 0 Å². The minimum Gasteiger partial charge on any atom is -0.480 e. The van der Waals surface area contributed by atoms with Crippen LogP contribution in [-0.2, 0) is 17.6 Å². The molecule has 0 spiro atoms. The van der Waals surface area contributed by atoms with Crippen LogP contribution in [0.15, 0.2) is 18.2 Å². The van der Waals surface area contributed by atoms with Crippen LogP contribution in [0.25, 0.3) is 0 Å². The average Bonchev–Trinajstić information content (AvgIpc) is 2.36. The van der Waals surface area contributed by atoms with Gasteiger partial charge in [-0.25, -0.2) is 0 Å². The molecule has 1 N–H and O–H groups in total. The van der Waals surface area contributed by atoms with E-state index < -0.39 is 10.8 Å². The molecule has 2 nitrogen and oxygen atoms in total. The quantitative estimate of drug-likeness (QED) is 0.830. The van der Waals surface area contributed by atoms with Gasteiger partial charge in [0.15, 0.2) is 0 Å². The summed E-state index contributed by atoms with van der Waals surface area (Å²) in [4.78, 5) is 10.1. The van der Waals surface area contributed by atoms with Gasteiger partial charge in [-0.1, -0.05) is 50.1 Å². The molecular formula is C13H14Br2O2. The van der Waals surface area contributed by atoms with Crippen LogP contribution in [0.3, 0.4) is 0 Å². The molecule has 0 heterocycles. The van der Waals surface area contributed by atoms with Crippen LogP contribution in [0.2, 0.25) is 0 Å². The summed E-state index contributed by atoms with van der Waals surface area (Å²) in [5.41, 5.74) is 3.83. The highest BCUT2D eigenvalue weighted by molar-refractivity contribution is 9.12. The van der Waals surface area contributed by atoms with Crippen molar-refractivity contribution in [3.63, 3.8) is 0 Å². The SMILES string of the molecule is O=C(O)C(Br)C(Br)c1ccc2c(c1)CCCC2. The fourth-order valence-corrected chi connectivity index (χ4v) is 3.04. The van der Waals surface area contributed by atoms with E-state index in [9.17, 15) is 4.79 Å². The van der Waals surface area contributed by atoms with E-state index in [0.717, 1.165) is 18.4 Å². The smallest absolute Gasteiger partial charge is 0.318 e. The third kappa shape index (κ3) is 2.91. The first kappa shape index (κ1) is 13.1. The van der Waals surface area contributed by atoms with Gasteiger partial charge in [0.25, 0.3) is 0 Å². The average molecular weight is 362 g/mol. The molecule has 4 heteroatoms. The molecule has 0 saturated carbocycles. The van der Waals surface area contributed by atoms with Crippen LogP contribution in [0.5, 0.6) is 0 Å². The number of hydrogen-bond donors (Lipinski definition) is 1. The van der Waals surface area contributed by atoms with Crippen molar-refractivity contribution >= 4 is 37.8 Å². The number of aryl methyl sites for hydroxylation is 2. The molecule has 1 aromatic carbocycles. The third-order valence-corrected chi connectivity index (χ3v) is 5.87. The molecule has 1 aromatic rings. The molecule has 2 rings (SSSR count). The lowest BCUT2D eigenvalue weighted by atomic mass is 9.90. The van der Waals surface area contributed by atoms with Gasteiger partial charge in [-0.3, -0.25) is 4.79 Å². The Hall–Kier alpha value is -0.350. The van der Waals surface area contributed by atoms with Crippen molar-refractivity contribution in [3.8, 4) is 0 Å². The van der Waals surface area contributed by atoms with E-state index in [1.165, 1.54) is 24.0 Å². The van der Waals surface area contributed by atoms with E-state index in [4.69, 9.17) is 5.11 Å². The van der Waals surface area contributed by atoms with Crippen molar-refractivity contribution in [1.29, 1.82) is 0 Å². The van der Waals surface area contributed by atoms with E-state index in [1.54, 1.807) is 0 Å². The molecule has 0 bridgehead atoms. The molecule has 2 unspecified atom stereocenters. The van der Waals surface area contributed by atoms with Gasteiger partial charge in [0, 0.05) is 0 Å². The van der Waals surface area contributed by atoms with Crippen LogP contribution < -0.4 is 0 Å². The van der Waals surface area contributed by atoms with Crippen LogP contribution in [-0.4, -0.2) is 15.9 Å². The number of fused-ring (bicyclic) bond motifs is 1. The van der Waals surface area contributed by atoms with E-state index in [0.29, 0.717) is 0 Å². The van der Waals surface area contributed by atoms with Crippen molar-refractivity contribution in [1.82, 2.24) is 0 Å². The molecule has 1 aliphatic rings. The fraction of sp³-hybridized carbons (Fsp3) is 0.462. The first-order valence-corrected chi connectivity index (χ1v) is 7.55. The molecule has 0 saturated heterocycles. The van der Waals surface area contributed by atoms with Gasteiger partial charge in [-0.15, -0.1) is 0 Å². The number of halogens is 2. The lowest BCUT2D eigenvalue weighted by Gasteiger charge is -2.19. The van der Waals surface area contributed by atoms with Crippen molar-refractivity contribution in [2.75, 3.05) is 0 Å². The summed E-state index contributed by atoms with van der Waals surface area (Å²) in [7, 11) is 0. The number of benzene rings is 1. The summed E-state index contributed by atoms with van der Waals surface area (Å²) in [6.45, 7) is 0. The zero-order valence-electron chi connectivity index (χ0n) is 9.33. The number of rotatable bonds is 3. The maximum absolute atomic E-state index is 10.9. The van der Waals surface area contributed by atoms with Crippen LogP contribution >= 0.6 is 31.9 Å². The summed E-state index contributed by atoms with van der Waals surface area (Å²) in [5, 5.41) is 8.98. The molecular weight excluding hydrogens is 348 g/mol. The number of hydrogen-bond acceptors (Lipinski definition) is 1. The zero-order valence-corrected chi connectivity index (χ0v) is 12.5. The van der Waals surface area contributed by atoms with Crippen molar-refractivity contribution < 1.29 is 9.90 Å². The Bertz CT molecular complexity index is 431. The molecule has 0 radical (unpaired) electrons. The number of carboxylic acid groups (broad SMARTS) is 1. The third-order valence-electron chi connectivity index (χ3n) is 3.18. The molecule has 0 aromatic heterocycles. The minimum atomic E-state index is -0.843. The Morgan fingerprint density at radius 2 is 1.82 bits per heavy atom. The number of alkyl halides is 2. The van der Waals surface area contributed by atoms with Crippen LogP contribution in [0.1, 0.15) is 34.4 Å². The summed E-state index contributed by atoms with van der Waals surface area (Å²) in [6.07, 6.45) is 4.77. The lowest BCUT2D eigenvalue weighted by molar-refractivity contribution is -0.136. The maximum Gasteiger partial charge on any atom is 0.318 e. The van der Waals surface area contributed by atoms with Gasteiger partial charge in [0.1, 0.15) is 4.83 Å². The first-order chi connectivity index (χ1) is 8.09. The second kappa shape index (κ2) is 5.53. The summed E-state index contributed by atoms with van der Waals surface area (Å²) >= 11 is 6.65. The predicted molar refractivity (Wildman–Crippen MR) is 75.1 cm³/mol. The van der Waals surface area contributed by atoms with Crippen LogP contribution in [0.4, 0.5) is 0 Å². The Morgan fingerprint density at radius 1 is 1.18 bits per heavy atom. The Kier molecular flexibility index (Phi) is 4.26. The molecule has 0 amide bonds. The van der Waals surface area contributed by atoms with Crippen molar-refractivity contribution in [2.24, 2.45) is 0 Å². The summed E-state index contributed by atoms with van der Waals surface area (Å²) < 4.78 is 0. The number of carboxylic acids is 1. The fourth-order valence-electron chi connectivity index (χ4n) is 2.22. The second-order valence-corrected chi connectivity index (χ2v) is 6.35. The molecule has 0 aliphatic heterocycles. The van der Waals surface area contributed by atoms with Crippen molar-refractivity contribution in [2.45, 2.75) is 35.3 Å². The summed E-state index contributed by atoms with van der Waals surface area (Å²) in [5.74, 6) is -0.843. The molecule has 2 atom stereocenters. The molecule has 92 valence electrons.